The van der Waals surface area contributed by atoms with Crippen molar-refractivity contribution in [3.8, 4) is 46.0 Å². The summed E-state index contributed by atoms with van der Waals surface area (Å²) in [6.07, 6.45) is 61.0. The molecule has 1 radical (unpaired) electrons. The van der Waals surface area contributed by atoms with Crippen LogP contribution in [-0.4, -0.2) is 36.4 Å². The van der Waals surface area contributed by atoms with E-state index in [4.69, 9.17) is 18.9 Å². The van der Waals surface area contributed by atoms with Crippen LogP contribution < -0.4 is 39.4 Å². The second-order valence-corrected chi connectivity index (χ2v) is 31.5. The Morgan fingerprint density at radius 2 is 0.392 bits per heavy atom. The normalized spacial score (nSPS) is 11.5. The molecule has 0 atom stereocenters. The fraction of sp³-hybridized carbons (Fsp3) is 0.744. The SMILES string of the molecule is CC(C)(C)c1ccc(C(C)(C)C)c([O-])c1[O-].CC(C)(C)c1ccc(C(C)(C)C)c([O-])c1[O-].CCCCCCCCCCCCOc1cncc(OCCCCCCCCCCCC)c1.CCCCCCCCCCCCOc1cncc(OCCCCCCCCCCCC)c1.[Mn]. The van der Waals surface area contributed by atoms with Gasteiger partial charge >= 0.3 is 0 Å². The van der Waals surface area contributed by atoms with Crippen LogP contribution in [0.1, 0.15) is 390 Å². The van der Waals surface area contributed by atoms with Crippen molar-refractivity contribution in [3.05, 3.63) is 83.4 Å². The molecule has 0 aliphatic rings. The van der Waals surface area contributed by atoms with Crippen molar-refractivity contribution in [1.82, 2.24) is 9.97 Å². The number of unbranched alkanes of at least 4 members (excludes halogenated alkanes) is 36. The largest absolute Gasteiger partial charge is 0.873 e. The first-order chi connectivity index (χ1) is 45.8. The number of pyridine rings is 2. The van der Waals surface area contributed by atoms with Crippen LogP contribution >= 0.6 is 0 Å². The Balaban J connectivity index is 0.00000132. The van der Waals surface area contributed by atoms with Crippen LogP contribution in [0.25, 0.3) is 0 Å². The maximum absolute atomic E-state index is 12.0. The Morgan fingerprint density at radius 1 is 0.247 bits per heavy atom. The minimum Gasteiger partial charge on any atom is -0.873 e. The first-order valence-electron chi connectivity index (χ1n) is 39.3. The minimum atomic E-state index is -0.347. The third kappa shape index (κ3) is 46.7. The van der Waals surface area contributed by atoms with Crippen LogP contribution in [0.2, 0.25) is 0 Å². The first kappa shape index (κ1) is 92.7. The van der Waals surface area contributed by atoms with Gasteiger partial charge in [0.2, 0.25) is 0 Å². The zero-order chi connectivity index (χ0) is 71.4. The van der Waals surface area contributed by atoms with Gasteiger partial charge in [-0.05, 0) is 47.3 Å². The number of hydrogen-bond acceptors (Lipinski definition) is 10. The molecule has 0 spiro atoms. The van der Waals surface area contributed by atoms with E-state index in [1.54, 1.807) is 49.1 Å². The molecule has 0 unspecified atom stereocenters. The Hall–Kier alpha value is -4.34. The predicted molar refractivity (Wildman–Crippen MR) is 403 cm³/mol. The molecule has 11 heteroatoms. The Bertz CT molecular complexity index is 2160. The summed E-state index contributed by atoms with van der Waals surface area (Å²) >= 11 is 0. The van der Waals surface area contributed by atoms with Gasteiger partial charge < -0.3 is 39.4 Å². The van der Waals surface area contributed by atoms with Gasteiger partial charge in [-0.2, -0.15) is 0 Å². The van der Waals surface area contributed by atoms with Gasteiger partial charge in [-0.3, -0.25) is 9.97 Å². The van der Waals surface area contributed by atoms with E-state index in [-0.39, 0.29) is 61.7 Å². The summed E-state index contributed by atoms with van der Waals surface area (Å²) in [5, 5.41) is 47.9. The van der Waals surface area contributed by atoms with E-state index < -0.39 is 0 Å². The Kier molecular flexibility index (Phi) is 53.8. The molecule has 2 heterocycles. The number of hydrogen-bond donors (Lipinski definition) is 0. The van der Waals surface area contributed by atoms with Gasteiger partial charge in [0, 0.05) is 29.2 Å². The van der Waals surface area contributed by atoms with Crippen LogP contribution in [0.3, 0.4) is 0 Å². The van der Waals surface area contributed by atoms with Gasteiger partial charge in [-0.25, -0.2) is 0 Å². The molecule has 0 aliphatic carbocycles. The molecule has 97 heavy (non-hydrogen) atoms. The predicted octanol–water partition coefficient (Wildman–Crippen LogP) is 24.2. The van der Waals surface area contributed by atoms with Gasteiger partial charge in [0.25, 0.3) is 0 Å². The molecule has 0 fully saturated rings. The third-order valence-electron chi connectivity index (χ3n) is 17.9. The molecular formula is C86H146MnN2O8-4. The Morgan fingerprint density at radius 3 is 0.536 bits per heavy atom. The standard InChI is InChI=1S/2C29H53NO2.2C14H22O2.Mn/c2*1-3-5-7-9-11-13-15-17-19-21-23-31-28-25-29(27-30-26-28)32-24-22-20-18-16-14-12-10-8-6-4-2;2*1-13(2,3)9-7-8-10(14(4,5)6)12(16)11(9)15;/h2*25-27H,3-24H2,1-2H3;2*7-8,15-16H,1-6H3;/p-4. The molecule has 0 amide bonds. The monoisotopic (exact) mass is 1390 g/mol. The van der Waals surface area contributed by atoms with E-state index in [9.17, 15) is 20.4 Å². The fourth-order valence-corrected chi connectivity index (χ4v) is 11.7. The van der Waals surface area contributed by atoms with E-state index in [1.807, 2.05) is 95.2 Å². The van der Waals surface area contributed by atoms with Crippen molar-refractivity contribution < 1.29 is 56.4 Å². The topological polar surface area (TPSA) is 155 Å². The number of aromatic nitrogens is 2. The molecule has 10 nitrogen and oxygen atoms in total. The molecule has 0 saturated carbocycles. The van der Waals surface area contributed by atoms with Gasteiger partial charge in [0.05, 0.1) is 51.2 Å². The number of rotatable bonds is 48. The van der Waals surface area contributed by atoms with Gasteiger partial charge in [-0.15, -0.1) is 23.0 Å². The number of benzene rings is 2. The molecule has 2 aromatic heterocycles. The zero-order valence-electron chi connectivity index (χ0n) is 65.4. The van der Waals surface area contributed by atoms with E-state index in [0.717, 1.165) is 75.1 Å². The minimum absolute atomic E-state index is 0. The summed E-state index contributed by atoms with van der Waals surface area (Å²) < 4.78 is 23.5. The summed E-state index contributed by atoms with van der Waals surface area (Å²) in [4.78, 5) is 8.55. The van der Waals surface area contributed by atoms with Crippen LogP contribution in [0, 0.1) is 0 Å². The van der Waals surface area contributed by atoms with Crippen molar-refractivity contribution in [1.29, 1.82) is 0 Å². The maximum Gasteiger partial charge on any atom is 0.141 e. The number of nitrogens with zero attached hydrogens (tertiary/aromatic N) is 2. The molecule has 559 valence electrons. The molecule has 4 aromatic rings. The van der Waals surface area contributed by atoms with Crippen LogP contribution in [-0.2, 0) is 38.7 Å². The zero-order valence-corrected chi connectivity index (χ0v) is 66.6. The van der Waals surface area contributed by atoms with Crippen LogP contribution in [0.4, 0.5) is 0 Å². The van der Waals surface area contributed by atoms with Gasteiger partial charge in [0.15, 0.2) is 0 Å². The Labute approximate surface area is 608 Å². The van der Waals surface area contributed by atoms with Gasteiger partial charge in [-0.1, -0.05) is 388 Å². The average molecular weight is 1390 g/mol. The van der Waals surface area contributed by atoms with E-state index in [0.29, 0.717) is 22.3 Å². The first-order valence-corrected chi connectivity index (χ1v) is 39.3. The van der Waals surface area contributed by atoms with Crippen LogP contribution in [0.5, 0.6) is 46.0 Å². The van der Waals surface area contributed by atoms with Crippen molar-refractivity contribution in [2.24, 2.45) is 0 Å². The molecule has 2 aromatic carbocycles. The van der Waals surface area contributed by atoms with Crippen molar-refractivity contribution in [2.75, 3.05) is 26.4 Å². The van der Waals surface area contributed by atoms with E-state index >= 15 is 0 Å². The van der Waals surface area contributed by atoms with Crippen LogP contribution in [0.15, 0.2) is 61.2 Å². The second-order valence-electron chi connectivity index (χ2n) is 31.5. The van der Waals surface area contributed by atoms with Crippen molar-refractivity contribution in [2.45, 2.75) is 389 Å². The van der Waals surface area contributed by atoms with Crippen molar-refractivity contribution >= 4 is 0 Å². The summed E-state index contributed by atoms with van der Waals surface area (Å²) in [6.45, 7) is 35.6. The molecule has 0 bridgehead atoms. The molecular weight excluding hydrogens is 1240 g/mol. The summed E-state index contributed by atoms with van der Waals surface area (Å²) in [5.74, 6) is 1.95. The maximum atomic E-state index is 12.0. The summed E-state index contributed by atoms with van der Waals surface area (Å²) in [7, 11) is 0. The van der Waals surface area contributed by atoms with Gasteiger partial charge in [0.1, 0.15) is 23.0 Å². The smallest absolute Gasteiger partial charge is 0.141 e. The molecule has 0 aliphatic heterocycles. The van der Waals surface area contributed by atoms with E-state index in [2.05, 4.69) is 37.7 Å². The second kappa shape index (κ2) is 56.3. The van der Waals surface area contributed by atoms with E-state index in [1.165, 1.54) is 231 Å². The molecule has 0 saturated heterocycles. The third-order valence-corrected chi connectivity index (χ3v) is 17.9. The fourth-order valence-electron chi connectivity index (χ4n) is 11.7. The molecule has 0 N–H and O–H groups in total. The summed E-state index contributed by atoms with van der Waals surface area (Å²) in [6, 6.07) is 11.2. The quantitative estimate of drug-likeness (QED) is 0.0308. The molecule has 4 rings (SSSR count). The average Bonchev–Trinajstić information content (AvgIpc) is 0.806. The number of ether oxygens (including phenoxy) is 4. The summed E-state index contributed by atoms with van der Waals surface area (Å²) in [5.41, 5.74) is 1.32. The van der Waals surface area contributed by atoms with Crippen molar-refractivity contribution in [3.63, 3.8) is 0 Å².